The minimum atomic E-state index is -3.69. The number of oxime groups is 1. The van der Waals surface area contributed by atoms with Crippen LogP contribution in [0.2, 0.25) is 0 Å². The molecule has 0 amide bonds. The number of aromatic nitrogens is 1. The Morgan fingerprint density at radius 2 is 1.85 bits per heavy atom. The van der Waals surface area contributed by atoms with Crippen molar-refractivity contribution >= 4 is 16.2 Å². The first kappa shape index (κ1) is 14.3. The van der Waals surface area contributed by atoms with E-state index in [9.17, 15) is 8.42 Å². The monoisotopic (exact) mass is 293 g/mol. The van der Waals surface area contributed by atoms with E-state index >= 15 is 0 Å². The standard InChI is InChI=1S/C13H15N3O3S/c1-9-7-11(8-15-17)10(2)16(9)12-3-5-13(6-4-12)20(14,18)19/h3-8,17H,1-2H3,(H2,14,18,19)/b15-8+. The van der Waals surface area contributed by atoms with Crippen LogP contribution in [0.15, 0.2) is 40.4 Å². The fourth-order valence-electron chi connectivity index (χ4n) is 2.16. The number of benzene rings is 1. The summed E-state index contributed by atoms with van der Waals surface area (Å²) in [6.07, 6.45) is 1.36. The summed E-state index contributed by atoms with van der Waals surface area (Å²) in [6, 6.07) is 8.16. The van der Waals surface area contributed by atoms with Gasteiger partial charge in [0, 0.05) is 22.6 Å². The molecule has 0 bridgehead atoms. The molecule has 20 heavy (non-hydrogen) atoms. The minimum Gasteiger partial charge on any atom is -0.411 e. The van der Waals surface area contributed by atoms with Gasteiger partial charge < -0.3 is 9.77 Å². The topological polar surface area (TPSA) is 97.7 Å². The Kier molecular flexibility index (Phi) is 3.65. The summed E-state index contributed by atoms with van der Waals surface area (Å²) in [5.74, 6) is 0. The highest BCUT2D eigenvalue weighted by atomic mass is 32.2. The number of rotatable bonds is 3. The van der Waals surface area contributed by atoms with E-state index in [1.54, 1.807) is 12.1 Å². The average Bonchev–Trinajstić information content (AvgIpc) is 2.64. The third-order valence-electron chi connectivity index (χ3n) is 3.09. The van der Waals surface area contributed by atoms with E-state index in [2.05, 4.69) is 5.16 Å². The summed E-state index contributed by atoms with van der Waals surface area (Å²) < 4.78 is 24.4. The molecule has 0 aliphatic rings. The predicted octanol–water partition coefficient (Wildman–Crippen LogP) is 1.55. The Morgan fingerprint density at radius 3 is 2.35 bits per heavy atom. The lowest BCUT2D eigenvalue weighted by Gasteiger charge is -2.10. The third-order valence-corrected chi connectivity index (χ3v) is 4.02. The number of nitrogens with zero attached hydrogens (tertiary/aromatic N) is 2. The molecule has 0 fully saturated rings. The van der Waals surface area contributed by atoms with Crippen LogP contribution in [-0.2, 0) is 10.0 Å². The van der Waals surface area contributed by atoms with Crippen LogP contribution >= 0.6 is 0 Å². The highest BCUT2D eigenvalue weighted by Gasteiger charge is 2.11. The summed E-state index contributed by atoms with van der Waals surface area (Å²) in [4.78, 5) is 0.0702. The number of hydrogen-bond donors (Lipinski definition) is 2. The number of sulfonamides is 1. The highest BCUT2D eigenvalue weighted by Crippen LogP contribution is 2.21. The molecule has 6 nitrogen and oxygen atoms in total. The quantitative estimate of drug-likeness (QED) is 0.510. The Morgan fingerprint density at radius 1 is 1.25 bits per heavy atom. The first-order valence-electron chi connectivity index (χ1n) is 5.84. The van der Waals surface area contributed by atoms with Gasteiger partial charge in [0.15, 0.2) is 0 Å². The second kappa shape index (κ2) is 5.10. The Labute approximate surface area is 117 Å². The van der Waals surface area contributed by atoms with Crippen molar-refractivity contribution < 1.29 is 13.6 Å². The smallest absolute Gasteiger partial charge is 0.238 e. The summed E-state index contributed by atoms with van der Waals surface area (Å²) >= 11 is 0. The first-order chi connectivity index (χ1) is 9.34. The molecule has 0 spiro atoms. The fraction of sp³-hybridized carbons (Fsp3) is 0.154. The molecule has 0 aliphatic heterocycles. The Bertz CT molecular complexity index is 759. The van der Waals surface area contributed by atoms with Crippen LogP contribution in [0.5, 0.6) is 0 Å². The van der Waals surface area contributed by atoms with Gasteiger partial charge in [-0.15, -0.1) is 0 Å². The highest BCUT2D eigenvalue weighted by molar-refractivity contribution is 7.89. The number of hydrogen-bond acceptors (Lipinski definition) is 4. The lowest BCUT2D eigenvalue weighted by Crippen LogP contribution is -2.12. The van der Waals surface area contributed by atoms with Gasteiger partial charge in [-0.05, 0) is 44.2 Å². The third kappa shape index (κ3) is 2.59. The van der Waals surface area contributed by atoms with E-state index < -0.39 is 10.0 Å². The van der Waals surface area contributed by atoms with Crippen LogP contribution < -0.4 is 5.14 Å². The van der Waals surface area contributed by atoms with E-state index in [0.29, 0.717) is 0 Å². The molecule has 0 saturated heterocycles. The molecule has 7 heteroatoms. The predicted molar refractivity (Wildman–Crippen MR) is 76.0 cm³/mol. The van der Waals surface area contributed by atoms with E-state index in [-0.39, 0.29) is 4.90 Å². The van der Waals surface area contributed by atoms with Crippen molar-refractivity contribution in [2.75, 3.05) is 0 Å². The number of nitrogens with two attached hydrogens (primary N) is 1. The molecule has 0 saturated carbocycles. The number of aryl methyl sites for hydroxylation is 1. The molecule has 0 radical (unpaired) electrons. The number of primary sulfonamides is 1. The summed E-state index contributed by atoms with van der Waals surface area (Å²) in [5.41, 5.74) is 3.44. The van der Waals surface area contributed by atoms with E-state index in [1.165, 1.54) is 18.3 Å². The van der Waals surface area contributed by atoms with Gasteiger partial charge in [-0.25, -0.2) is 13.6 Å². The van der Waals surface area contributed by atoms with Crippen molar-refractivity contribution in [2.24, 2.45) is 10.3 Å². The van der Waals surface area contributed by atoms with Gasteiger partial charge in [-0.2, -0.15) is 0 Å². The van der Waals surface area contributed by atoms with Crippen LogP contribution in [0.4, 0.5) is 0 Å². The lowest BCUT2D eigenvalue weighted by atomic mass is 10.2. The van der Waals surface area contributed by atoms with Crippen molar-refractivity contribution in [2.45, 2.75) is 18.7 Å². The summed E-state index contributed by atoms with van der Waals surface area (Å²) in [7, 11) is -3.69. The SMILES string of the molecule is Cc1cc(/C=N/O)c(C)n1-c1ccc(S(N)(=O)=O)cc1. The molecule has 2 rings (SSSR count). The minimum absolute atomic E-state index is 0.0702. The van der Waals surface area contributed by atoms with Gasteiger partial charge in [0.05, 0.1) is 11.1 Å². The average molecular weight is 293 g/mol. The molecule has 3 N–H and O–H groups in total. The van der Waals surface area contributed by atoms with Gasteiger partial charge in [0.2, 0.25) is 10.0 Å². The second-order valence-electron chi connectivity index (χ2n) is 4.45. The molecular formula is C13H15N3O3S. The largest absolute Gasteiger partial charge is 0.411 e. The van der Waals surface area contributed by atoms with Crippen LogP contribution in [0, 0.1) is 13.8 Å². The van der Waals surface area contributed by atoms with E-state index in [0.717, 1.165) is 22.6 Å². The Hall–Kier alpha value is -2.12. The van der Waals surface area contributed by atoms with Gasteiger partial charge in [0.25, 0.3) is 0 Å². The van der Waals surface area contributed by atoms with Gasteiger partial charge in [0.1, 0.15) is 0 Å². The molecule has 0 unspecified atom stereocenters. The fourth-order valence-corrected chi connectivity index (χ4v) is 2.68. The first-order valence-corrected chi connectivity index (χ1v) is 7.39. The maximum Gasteiger partial charge on any atom is 0.238 e. The molecule has 0 atom stereocenters. The van der Waals surface area contributed by atoms with Crippen LogP contribution in [0.1, 0.15) is 17.0 Å². The van der Waals surface area contributed by atoms with Gasteiger partial charge in [-0.3, -0.25) is 0 Å². The zero-order valence-electron chi connectivity index (χ0n) is 11.1. The molecule has 1 heterocycles. The molecule has 2 aromatic rings. The van der Waals surface area contributed by atoms with E-state index in [1.807, 2.05) is 24.5 Å². The van der Waals surface area contributed by atoms with Gasteiger partial charge >= 0.3 is 0 Å². The Balaban J connectivity index is 2.52. The molecule has 0 aliphatic carbocycles. The summed E-state index contributed by atoms with van der Waals surface area (Å²) in [5, 5.41) is 16.7. The maximum atomic E-state index is 11.2. The van der Waals surface area contributed by atoms with Crippen LogP contribution in [0.25, 0.3) is 5.69 Å². The lowest BCUT2D eigenvalue weighted by molar-refractivity contribution is 0.322. The van der Waals surface area contributed by atoms with Crippen molar-refractivity contribution in [1.82, 2.24) is 4.57 Å². The molecular weight excluding hydrogens is 278 g/mol. The van der Waals surface area contributed by atoms with Crippen molar-refractivity contribution in [1.29, 1.82) is 0 Å². The van der Waals surface area contributed by atoms with Crippen molar-refractivity contribution in [3.05, 3.63) is 47.3 Å². The zero-order chi connectivity index (χ0) is 14.9. The van der Waals surface area contributed by atoms with Gasteiger partial charge in [-0.1, -0.05) is 5.16 Å². The maximum absolute atomic E-state index is 11.2. The molecule has 1 aromatic heterocycles. The van der Waals surface area contributed by atoms with E-state index in [4.69, 9.17) is 10.3 Å². The van der Waals surface area contributed by atoms with Crippen LogP contribution in [-0.4, -0.2) is 24.4 Å². The summed E-state index contributed by atoms with van der Waals surface area (Å²) in [6.45, 7) is 3.80. The van der Waals surface area contributed by atoms with Crippen molar-refractivity contribution in [3.63, 3.8) is 0 Å². The normalized spacial score (nSPS) is 12.2. The molecule has 1 aromatic carbocycles. The second-order valence-corrected chi connectivity index (χ2v) is 6.01. The van der Waals surface area contributed by atoms with Crippen molar-refractivity contribution in [3.8, 4) is 5.69 Å². The zero-order valence-corrected chi connectivity index (χ0v) is 11.9. The molecule has 106 valence electrons. The van der Waals surface area contributed by atoms with Crippen LogP contribution in [0.3, 0.4) is 0 Å².